The van der Waals surface area contributed by atoms with Crippen molar-refractivity contribution >= 4 is 5.69 Å². The van der Waals surface area contributed by atoms with Crippen LogP contribution in [0, 0.1) is 6.92 Å². The van der Waals surface area contributed by atoms with E-state index in [4.69, 9.17) is 5.11 Å². The normalized spacial score (nSPS) is 10.6. The molecule has 0 radical (unpaired) electrons. The maximum atomic E-state index is 9.34. The van der Waals surface area contributed by atoms with E-state index in [0.717, 1.165) is 37.1 Å². The van der Waals surface area contributed by atoms with E-state index in [2.05, 4.69) is 17.0 Å². The summed E-state index contributed by atoms with van der Waals surface area (Å²) in [5, 5.41) is 18.1. The van der Waals surface area contributed by atoms with Crippen molar-refractivity contribution in [1.82, 2.24) is 0 Å². The molecule has 3 heteroatoms. The van der Waals surface area contributed by atoms with Gasteiger partial charge in [0.2, 0.25) is 0 Å². The fourth-order valence-corrected chi connectivity index (χ4v) is 1.97. The van der Waals surface area contributed by atoms with E-state index in [0.29, 0.717) is 0 Å². The number of benzene rings is 1. The van der Waals surface area contributed by atoms with Crippen molar-refractivity contribution in [1.29, 1.82) is 0 Å². The first-order chi connectivity index (χ1) is 8.19. The van der Waals surface area contributed by atoms with Crippen molar-refractivity contribution in [3.05, 3.63) is 29.3 Å². The zero-order chi connectivity index (χ0) is 12.7. The Balaban J connectivity index is 2.58. The summed E-state index contributed by atoms with van der Waals surface area (Å²) in [5.41, 5.74) is 3.25. The van der Waals surface area contributed by atoms with Crippen LogP contribution in [-0.4, -0.2) is 30.4 Å². The summed E-state index contributed by atoms with van der Waals surface area (Å²) in [7, 11) is 2.04. The highest BCUT2D eigenvalue weighted by Gasteiger charge is 2.06. The number of hydrogen-bond donors (Lipinski definition) is 2. The van der Waals surface area contributed by atoms with Gasteiger partial charge in [-0.05, 0) is 32.3 Å². The Hall–Kier alpha value is -1.06. The van der Waals surface area contributed by atoms with Gasteiger partial charge in [0.05, 0.1) is 6.61 Å². The molecule has 96 valence electrons. The Kier molecular flexibility index (Phi) is 6.01. The number of hydrogen-bond acceptors (Lipinski definition) is 3. The molecule has 2 N–H and O–H groups in total. The summed E-state index contributed by atoms with van der Waals surface area (Å²) in [6.45, 7) is 3.34. The van der Waals surface area contributed by atoms with Gasteiger partial charge in [-0.3, -0.25) is 0 Å². The van der Waals surface area contributed by atoms with Gasteiger partial charge in [-0.15, -0.1) is 0 Å². The van der Waals surface area contributed by atoms with Crippen LogP contribution in [0.2, 0.25) is 0 Å². The van der Waals surface area contributed by atoms with Gasteiger partial charge in [-0.25, -0.2) is 0 Å². The Morgan fingerprint density at radius 1 is 1.12 bits per heavy atom. The minimum atomic E-state index is 0.0813. The number of aliphatic hydroxyl groups is 2. The molecule has 0 aromatic heterocycles. The van der Waals surface area contributed by atoms with Crippen LogP contribution in [0.15, 0.2) is 18.2 Å². The summed E-state index contributed by atoms with van der Waals surface area (Å²) < 4.78 is 0. The van der Waals surface area contributed by atoms with Gasteiger partial charge >= 0.3 is 0 Å². The molecule has 0 aliphatic heterocycles. The van der Waals surface area contributed by atoms with Gasteiger partial charge < -0.3 is 15.1 Å². The van der Waals surface area contributed by atoms with Crippen molar-refractivity contribution < 1.29 is 10.2 Å². The summed E-state index contributed by atoms with van der Waals surface area (Å²) in [4.78, 5) is 2.17. The lowest BCUT2D eigenvalue weighted by Gasteiger charge is -2.22. The molecule has 1 rings (SSSR count). The second-order valence-electron chi connectivity index (χ2n) is 4.50. The van der Waals surface area contributed by atoms with Crippen molar-refractivity contribution in [3.8, 4) is 0 Å². The average molecular weight is 237 g/mol. The quantitative estimate of drug-likeness (QED) is 0.714. The van der Waals surface area contributed by atoms with Gasteiger partial charge in [0.1, 0.15) is 0 Å². The van der Waals surface area contributed by atoms with Crippen LogP contribution in [-0.2, 0) is 6.61 Å². The summed E-state index contributed by atoms with van der Waals surface area (Å²) in [5.74, 6) is 0. The predicted molar refractivity (Wildman–Crippen MR) is 71.3 cm³/mol. The molecule has 0 aliphatic carbocycles. The second-order valence-corrected chi connectivity index (χ2v) is 4.50. The lowest BCUT2D eigenvalue weighted by molar-refractivity contribution is 0.281. The highest BCUT2D eigenvalue weighted by Crippen LogP contribution is 2.21. The highest BCUT2D eigenvalue weighted by atomic mass is 16.3. The van der Waals surface area contributed by atoms with E-state index in [1.54, 1.807) is 0 Å². The van der Waals surface area contributed by atoms with Crippen LogP contribution in [0.1, 0.15) is 30.4 Å². The fraction of sp³-hybridized carbons (Fsp3) is 0.571. The lowest BCUT2D eigenvalue weighted by atomic mass is 10.1. The van der Waals surface area contributed by atoms with E-state index in [1.807, 2.05) is 20.0 Å². The molecule has 3 nitrogen and oxygen atoms in total. The molecule has 0 unspecified atom stereocenters. The largest absolute Gasteiger partial charge is 0.396 e. The minimum Gasteiger partial charge on any atom is -0.396 e. The van der Waals surface area contributed by atoms with Crippen molar-refractivity contribution in [2.24, 2.45) is 0 Å². The topological polar surface area (TPSA) is 43.7 Å². The van der Waals surface area contributed by atoms with E-state index in [9.17, 15) is 5.11 Å². The van der Waals surface area contributed by atoms with E-state index >= 15 is 0 Å². The zero-order valence-electron chi connectivity index (χ0n) is 10.8. The Bertz CT molecular complexity index is 339. The molecule has 0 bridgehead atoms. The number of nitrogens with zero attached hydrogens (tertiary/aromatic N) is 1. The summed E-state index contributed by atoms with van der Waals surface area (Å²) >= 11 is 0. The Morgan fingerprint density at radius 3 is 2.53 bits per heavy atom. The van der Waals surface area contributed by atoms with Crippen LogP contribution in [0.25, 0.3) is 0 Å². The highest BCUT2D eigenvalue weighted by molar-refractivity contribution is 5.54. The Morgan fingerprint density at radius 2 is 1.88 bits per heavy atom. The molecule has 0 aliphatic rings. The van der Waals surface area contributed by atoms with Crippen LogP contribution in [0.4, 0.5) is 5.69 Å². The van der Waals surface area contributed by atoms with Crippen LogP contribution >= 0.6 is 0 Å². The molecular formula is C14H23NO2. The van der Waals surface area contributed by atoms with Crippen LogP contribution in [0.5, 0.6) is 0 Å². The SMILES string of the molecule is Cc1ccc(N(C)CCCCCO)c(CO)c1. The molecule has 17 heavy (non-hydrogen) atoms. The third-order valence-corrected chi connectivity index (χ3v) is 2.97. The summed E-state index contributed by atoms with van der Waals surface area (Å²) in [6, 6.07) is 6.16. The molecule has 1 aromatic rings. The molecule has 0 amide bonds. The maximum Gasteiger partial charge on any atom is 0.0702 e. The smallest absolute Gasteiger partial charge is 0.0702 e. The third-order valence-electron chi connectivity index (χ3n) is 2.97. The van der Waals surface area contributed by atoms with Crippen molar-refractivity contribution in [2.45, 2.75) is 32.8 Å². The number of aryl methyl sites for hydroxylation is 1. The molecule has 0 saturated heterocycles. The number of rotatable bonds is 7. The van der Waals surface area contributed by atoms with E-state index in [1.165, 1.54) is 5.56 Å². The van der Waals surface area contributed by atoms with Crippen molar-refractivity contribution in [3.63, 3.8) is 0 Å². The Labute approximate surface area is 104 Å². The standard InChI is InChI=1S/C14H23NO2/c1-12-6-7-14(13(10-12)11-17)15(2)8-4-3-5-9-16/h6-7,10,16-17H,3-5,8-9,11H2,1-2H3. The van der Waals surface area contributed by atoms with Gasteiger partial charge in [0.25, 0.3) is 0 Å². The predicted octanol–water partition coefficient (Wildman–Crippen LogP) is 2.09. The first kappa shape index (κ1) is 14.0. The van der Waals surface area contributed by atoms with Crippen LogP contribution in [0.3, 0.4) is 0 Å². The van der Waals surface area contributed by atoms with Gasteiger partial charge in [0.15, 0.2) is 0 Å². The minimum absolute atomic E-state index is 0.0813. The monoisotopic (exact) mass is 237 g/mol. The fourth-order valence-electron chi connectivity index (χ4n) is 1.97. The number of unbranched alkanes of at least 4 members (excludes halogenated alkanes) is 2. The van der Waals surface area contributed by atoms with Gasteiger partial charge in [0, 0.05) is 31.5 Å². The first-order valence-corrected chi connectivity index (χ1v) is 6.21. The number of anilines is 1. The molecule has 0 atom stereocenters. The summed E-state index contributed by atoms with van der Waals surface area (Å²) in [6.07, 6.45) is 2.98. The molecule has 0 saturated carbocycles. The van der Waals surface area contributed by atoms with Crippen LogP contribution < -0.4 is 4.90 Å². The average Bonchev–Trinajstić information content (AvgIpc) is 2.34. The zero-order valence-corrected chi connectivity index (χ0v) is 10.8. The molecule has 1 aromatic carbocycles. The van der Waals surface area contributed by atoms with E-state index < -0.39 is 0 Å². The third kappa shape index (κ3) is 4.36. The van der Waals surface area contributed by atoms with Crippen molar-refractivity contribution in [2.75, 3.05) is 25.1 Å². The van der Waals surface area contributed by atoms with Gasteiger partial charge in [-0.2, -0.15) is 0 Å². The lowest BCUT2D eigenvalue weighted by Crippen LogP contribution is -2.20. The van der Waals surface area contributed by atoms with E-state index in [-0.39, 0.29) is 13.2 Å². The second kappa shape index (κ2) is 7.30. The molecule has 0 spiro atoms. The maximum absolute atomic E-state index is 9.34. The molecule has 0 fully saturated rings. The van der Waals surface area contributed by atoms with Gasteiger partial charge in [-0.1, -0.05) is 17.7 Å². The molecular weight excluding hydrogens is 214 g/mol. The molecule has 0 heterocycles. The first-order valence-electron chi connectivity index (χ1n) is 6.21. The number of aliphatic hydroxyl groups excluding tert-OH is 2.